The van der Waals surface area contributed by atoms with Gasteiger partial charge in [0.2, 0.25) is 17.7 Å². The first kappa shape index (κ1) is 27.3. The van der Waals surface area contributed by atoms with Crippen LogP contribution in [0.25, 0.3) is 0 Å². The topological polar surface area (TPSA) is 111 Å². The van der Waals surface area contributed by atoms with E-state index in [0.29, 0.717) is 32.6 Å². The van der Waals surface area contributed by atoms with Crippen LogP contribution < -0.4 is 10.1 Å². The first-order chi connectivity index (χ1) is 18.7. The quantitative estimate of drug-likeness (QED) is 0.496. The molecule has 39 heavy (non-hydrogen) atoms. The Morgan fingerprint density at radius 1 is 1.26 bits per heavy atom. The number of nitrogens with one attached hydrogen (secondary N) is 1. The summed E-state index contributed by atoms with van der Waals surface area (Å²) >= 11 is 0. The van der Waals surface area contributed by atoms with E-state index in [0.717, 1.165) is 37.1 Å². The molecule has 4 heterocycles. The van der Waals surface area contributed by atoms with Crippen LogP contribution in [-0.2, 0) is 28.8 Å². The van der Waals surface area contributed by atoms with E-state index in [-0.39, 0.29) is 37.0 Å². The summed E-state index contributed by atoms with van der Waals surface area (Å²) in [7, 11) is 3.89. The van der Waals surface area contributed by atoms with Crippen LogP contribution in [0.15, 0.2) is 18.3 Å². The average molecular weight is 551 g/mol. The number of rotatable bonds is 8. The standard InChI is InChI=1S/C25H33F3N8O3/c1-34(2)8-4-7-21(37)35-9-10-36-20(13-35)32-33-22(36)16-5-3-6-17(11-16)30-24-29-12-19(25(26,27)28)23(31-24)39-18-14-38-15-18/h4,7,12,16-18H,3,5-6,8-11,13-15H2,1-2H3,(H,29,30,31)/b7-4+/t16-,17+/m0/s1. The Balaban J connectivity index is 1.23. The molecule has 1 aliphatic carbocycles. The Labute approximate surface area is 224 Å². The van der Waals surface area contributed by atoms with Crippen LogP contribution in [-0.4, -0.2) is 93.0 Å². The van der Waals surface area contributed by atoms with Gasteiger partial charge in [0.25, 0.3) is 0 Å². The molecule has 0 aromatic carbocycles. The molecule has 2 aromatic rings. The summed E-state index contributed by atoms with van der Waals surface area (Å²) in [5, 5.41) is 12.1. The Bertz CT molecular complexity index is 1200. The molecule has 0 radical (unpaired) electrons. The maximum Gasteiger partial charge on any atom is 0.423 e. The van der Waals surface area contributed by atoms with Crippen molar-refractivity contribution in [2.75, 3.05) is 45.7 Å². The predicted molar refractivity (Wildman–Crippen MR) is 134 cm³/mol. The molecular formula is C25H33F3N8O3. The second-order valence-corrected chi connectivity index (χ2v) is 10.4. The van der Waals surface area contributed by atoms with Gasteiger partial charge >= 0.3 is 6.18 Å². The number of likely N-dealkylation sites (N-methyl/N-ethyl adjacent to an activating group) is 1. The van der Waals surface area contributed by atoms with Crippen LogP contribution in [0.1, 0.15) is 48.8 Å². The number of fused-ring (bicyclic) bond motifs is 1. The van der Waals surface area contributed by atoms with E-state index in [2.05, 4.69) is 30.0 Å². The molecule has 1 saturated heterocycles. The molecule has 2 atom stereocenters. The summed E-state index contributed by atoms with van der Waals surface area (Å²) in [4.78, 5) is 24.3. The van der Waals surface area contributed by atoms with E-state index < -0.39 is 23.7 Å². The van der Waals surface area contributed by atoms with Crippen molar-refractivity contribution in [3.8, 4) is 5.88 Å². The highest BCUT2D eigenvalue weighted by atomic mass is 19.4. The van der Waals surface area contributed by atoms with Gasteiger partial charge in [-0.25, -0.2) is 4.98 Å². The lowest BCUT2D eigenvalue weighted by molar-refractivity contribution is -0.142. The molecule has 14 heteroatoms. The molecule has 2 aliphatic heterocycles. The Morgan fingerprint density at radius 3 is 2.79 bits per heavy atom. The number of anilines is 1. The van der Waals surface area contributed by atoms with Crippen molar-refractivity contribution in [3.05, 3.63) is 35.6 Å². The van der Waals surface area contributed by atoms with E-state index in [9.17, 15) is 18.0 Å². The molecule has 1 saturated carbocycles. The lowest BCUT2D eigenvalue weighted by Crippen LogP contribution is -2.39. The number of nitrogens with zero attached hydrogens (tertiary/aromatic N) is 7. The largest absolute Gasteiger partial charge is 0.469 e. The number of halogens is 3. The van der Waals surface area contributed by atoms with Gasteiger partial charge in [0.1, 0.15) is 17.5 Å². The van der Waals surface area contributed by atoms with Crippen LogP contribution in [0, 0.1) is 0 Å². The maximum atomic E-state index is 13.5. The van der Waals surface area contributed by atoms with Gasteiger partial charge in [-0.3, -0.25) is 4.79 Å². The van der Waals surface area contributed by atoms with Gasteiger partial charge in [-0.15, -0.1) is 10.2 Å². The van der Waals surface area contributed by atoms with Crippen LogP contribution in [0.2, 0.25) is 0 Å². The van der Waals surface area contributed by atoms with Crippen molar-refractivity contribution in [2.45, 2.75) is 63.0 Å². The molecule has 2 aromatic heterocycles. The number of amides is 1. The second kappa shape index (κ2) is 11.5. The Hall–Kier alpha value is -3.26. The third kappa shape index (κ3) is 6.49. The zero-order valence-corrected chi connectivity index (χ0v) is 22.0. The molecule has 1 N–H and O–H groups in total. The highest BCUT2D eigenvalue weighted by Crippen LogP contribution is 2.37. The molecule has 11 nitrogen and oxygen atoms in total. The van der Waals surface area contributed by atoms with Crippen LogP contribution in [0.3, 0.4) is 0 Å². The minimum absolute atomic E-state index is 0.0423. The highest BCUT2D eigenvalue weighted by Gasteiger charge is 2.38. The number of aromatic nitrogens is 5. The summed E-state index contributed by atoms with van der Waals surface area (Å²) in [5.74, 6) is 1.34. The molecule has 212 valence electrons. The lowest BCUT2D eigenvalue weighted by Gasteiger charge is -2.32. The van der Waals surface area contributed by atoms with E-state index in [1.54, 1.807) is 11.0 Å². The minimum atomic E-state index is -4.62. The van der Waals surface area contributed by atoms with Crippen LogP contribution >= 0.6 is 0 Å². The van der Waals surface area contributed by atoms with E-state index >= 15 is 0 Å². The monoisotopic (exact) mass is 550 g/mol. The van der Waals surface area contributed by atoms with Crippen LogP contribution in [0.4, 0.5) is 19.1 Å². The molecule has 3 aliphatic rings. The van der Waals surface area contributed by atoms with E-state index in [1.165, 1.54) is 0 Å². The van der Waals surface area contributed by atoms with Crippen molar-refractivity contribution in [1.82, 2.24) is 34.5 Å². The maximum absolute atomic E-state index is 13.5. The SMILES string of the molecule is CN(C)C/C=C/C(=O)N1CCn2c(nnc2[C@H]2CCC[C@@H](Nc3ncc(C(F)(F)F)c(OC4COC4)n3)C2)C1. The van der Waals surface area contributed by atoms with Crippen molar-refractivity contribution < 1.29 is 27.4 Å². The van der Waals surface area contributed by atoms with Crippen molar-refractivity contribution in [1.29, 1.82) is 0 Å². The fourth-order valence-electron chi connectivity index (χ4n) is 5.04. The van der Waals surface area contributed by atoms with Crippen molar-refractivity contribution in [3.63, 3.8) is 0 Å². The number of ether oxygens (including phenoxy) is 2. The summed E-state index contributed by atoms with van der Waals surface area (Å²) in [5.41, 5.74) is -1.00. The van der Waals surface area contributed by atoms with Crippen molar-refractivity contribution >= 4 is 11.9 Å². The third-order valence-electron chi connectivity index (χ3n) is 7.14. The summed E-state index contributed by atoms with van der Waals surface area (Å²) in [6.45, 7) is 2.75. The normalized spacial score (nSPS) is 22.2. The molecule has 0 bridgehead atoms. The minimum Gasteiger partial charge on any atom is -0.469 e. The number of carbonyl (C=O) groups is 1. The average Bonchev–Trinajstić information content (AvgIpc) is 3.29. The smallest absolute Gasteiger partial charge is 0.423 e. The van der Waals surface area contributed by atoms with E-state index in [4.69, 9.17) is 9.47 Å². The Morgan fingerprint density at radius 2 is 2.08 bits per heavy atom. The fraction of sp³-hybridized carbons (Fsp3) is 0.640. The van der Waals surface area contributed by atoms with Gasteiger partial charge in [0.15, 0.2) is 5.82 Å². The van der Waals surface area contributed by atoms with Gasteiger partial charge in [0, 0.05) is 43.9 Å². The van der Waals surface area contributed by atoms with Crippen LogP contribution in [0.5, 0.6) is 5.88 Å². The first-order valence-electron chi connectivity index (χ1n) is 13.1. The van der Waals surface area contributed by atoms with Gasteiger partial charge < -0.3 is 29.2 Å². The molecule has 0 spiro atoms. The fourth-order valence-corrected chi connectivity index (χ4v) is 5.04. The number of carbonyl (C=O) groups excluding carboxylic acids is 1. The zero-order chi connectivity index (χ0) is 27.6. The van der Waals surface area contributed by atoms with E-state index in [1.807, 2.05) is 25.1 Å². The number of alkyl halides is 3. The molecule has 5 rings (SSSR count). The Kier molecular flexibility index (Phi) is 8.03. The highest BCUT2D eigenvalue weighted by molar-refractivity contribution is 5.87. The van der Waals surface area contributed by atoms with Gasteiger partial charge in [-0.1, -0.05) is 12.5 Å². The summed E-state index contributed by atoms with van der Waals surface area (Å²) in [6, 6.07) is -0.0446. The molecule has 0 unspecified atom stereocenters. The first-order valence-corrected chi connectivity index (χ1v) is 13.1. The predicted octanol–water partition coefficient (Wildman–Crippen LogP) is 2.46. The third-order valence-corrected chi connectivity index (χ3v) is 7.14. The zero-order valence-electron chi connectivity index (χ0n) is 22.0. The number of hydrogen-bond donors (Lipinski definition) is 1. The molecule has 1 amide bonds. The lowest BCUT2D eigenvalue weighted by atomic mass is 9.85. The van der Waals surface area contributed by atoms with Gasteiger partial charge in [0.05, 0.1) is 19.8 Å². The summed E-state index contributed by atoms with van der Waals surface area (Å²) in [6.07, 6.45) is 2.52. The number of hydrogen-bond acceptors (Lipinski definition) is 9. The molecule has 2 fully saturated rings. The summed E-state index contributed by atoms with van der Waals surface area (Å²) < 4.78 is 52.9. The van der Waals surface area contributed by atoms with Gasteiger partial charge in [-0.2, -0.15) is 18.2 Å². The van der Waals surface area contributed by atoms with Gasteiger partial charge in [-0.05, 0) is 33.4 Å². The van der Waals surface area contributed by atoms with Crippen molar-refractivity contribution in [2.24, 2.45) is 0 Å². The molecular weight excluding hydrogens is 517 g/mol. The second-order valence-electron chi connectivity index (χ2n) is 10.4.